The maximum atomic E-state index is 5.83. The number of aromatic nitrogens is 6. The van der Waals surface area contributed by atoms with E-state index in [1.807, 2.05) is 18.2 Å². The third kappa shape index (κ3) is 4.68. The van der Waals surface area contributed by atoms with Crippen LogP contribution in [0.15, 0.2) is 36.8 Å². The molecule has 3 heterocycles. The van der Waals surface area contributed by atoms with Crippen LogP contribution in [-0.4, -0.2) is 37.2 Å². The molecule has 10 heteroatoms. The molecule has 0 aliphatic heterocycles. The molecular formula is C18H27BN6O3. The van der Waals surface area contributed by atoms with Crippen LogP contribution in [0.2, 0.25) is 0 Å². The van der Waals surface area contributed by atoms with Gasteiger partial charge in [-0.15, -0.1) is 29.8 Å². The Morgan fingerprint density at radius 2 is 1.29 bits per heavy atom. The van der Waals surface area contributed by atoms with Gasteiger partial charge in [0, 0.05) is 0 Å². The lowest BCUT2D eigenvalue weighted by Crippen LogP contribution is -2.49. The Kier molecular flexibility index (Phi) is 5.96. The number of rotatable bonds is 9. The molecule has 0 spiro atoms. The van der Waals surface area contributed by atoms with Gasteiger partial charge in [-0.3, -0.25) is 0 Å². The average molecular weight is 386 g/mol. The number of hydrogen-bond acceptors (Lipinski definition) is 6. The summed E-state index contributed by atoms with van der Waals surface area (Å²) in [5, 5.41) is 13.0. The molecule has 150 valence electrons. The largest absolute Gasteiger partial charge is 0.929 e. The molecule has 0 amide bonds. The average Bonchev–Trinajstić information content (AvgIpc) is 3.34. The minimum absolute atomic E-state index is 0.220. The molecule has 3 aromatic rings. The third-order valence-corrected chi connectivity index (χ3v) is 4.16. The molecule has 0 N–H and O–H groups in total. The number of nitrogens with zero attached hydrogens (tertiary/aromatic N) is 6. The highest BCUT2D eigenvalue weighted by molar-refractivity contribution is 6.37. The maximum Gasteiger partial charge on any atom is 0.929 e. The molecule has 3 aromatic heterocycles. The highest BCUT2D eigenvalue weighted by Crippen LogP contribution is 2.13. The van der Waals surface area contributed by atoms with Crippen LogP contribution < -0.4 is 14.3 Å². The lowest BCUT2D eigenvalue weighted by molar-refractivity contribution is 0.0368. The van der Waals surface area contributed by atoms with E-state index in [4.69, 9.17) is 14.3 Å². The van der Waals surface area contributed by atoms with Gasteiger partial charge in [0.1, 0.15) is 0 Å². The van der Waals surface area contributed by atoms with Crippen LogP contribution in [0.5, 0.6) is 0 Å². The molecule has 0 bridgehead atoms. The van der Waals surface area contributed by atoms with Crippen molar-refractivity contribution in [2.75, 3.05) is 0 Å². The molecule has 0 unspecified atom stereocenters. The van der Waals surface area contributed by atoms with Crippen molar-refractivity contribution >= 4 is 7.32 Å². The van der Waals surface area contributed by atoms with E-state index in [2.05, 4.69) is 56.8 Å². The van der Waals surface area contributed by atoms with Crippen molar-refractivity contribution < 1.29 is 14.3 Å². The van der Waals surface area contributed by atoms with Crippen molar-refractivity contribution in [2.24, 2.45) is 0 Å². The van der Waals surface area contributed by atoms with Crippen molar-refractivity contribution in [3.63, 3.8) is 0 Å². The van der Waals surface area contributed by atoms with Crippen LogP contribution in [0.4, 0.5) is 0 Å². The summed E-state index contributed by atoms with van der Waals surface area (Å²) < 4.78 is 17.4. The van der Waals surface area contributed by atoms with E-state index in [0.29, 0.717) is 0 Å². The van der Waals surface area contributed by atoms with Crippen LogP contribution >= 0.6 is 0 Å². The second-order valence-corrected chi connectivity index (χ2v) is 7.48. The Balaban J connectivity index is 1.80. The molecule has 0 saturated heterocycles. The van der Waals surface area contributed by atoms with Crippen LogP contribution in [0, 0.1) is 0 Å². The molecule has 9 nitrogen and oxygen atoms in total. The highest BCUT2D eigenvalue weighted by Gasteiger charge is 2.35. The Bertz CT molecular complexity index is 837. The first-order chi connectivity index (χ1) is 13.3. The first kappa shape index (κ1) is 19.8. The fraction of sp³-hybridized carbons (Fsp3) is 0.500. The van der Waals surface area contributed by atoms with E-state index in [1.165, 1.54) is 14.5 Å². The molecule has 0 atom stereocenters. The predicted octanol–water partition coefficient (Wildman–Crippen LogP) is 2.32. The first-order valence-electron chi connectivity index (χ1n) is 9.50. The van der Waals surface area contributed by atoms with Crippen LogP contribution in [-0.2, 0) is 0 Å². The normalized spacial score (nSPS) is 11.5. The lowest BCUT2D eigenvalue weighted by Gasteiger charge is -2.16. The van der Waals surface area contributed by atoms with Crippen LogP contribution in [0.1, 0.15) is 76.4 Å². The van der Waals surface area contributed by atoms with Gasteiger partial charge in [0.2, 0.25) is 0 Å². The molecule has 28 heavy (non-hydrogen) atoms. The van der Waals surface area contributed by atoms with Crippen molar-refractivity contribution in [2.45, 2.75) is 59.3 Å². The molecule has 3 rings (SSSR count). The summed E-state index contributed by atoms with van der Waals surface area (Å²) in [6.45, 7) is 12.4. The predicted molar refractivity (Wildman–Crippen MR) is 104 cm³/mol. The van der Waals surface area contributed by atoms with Crippen molar-refractivity contribution in [3.05, 3.63) is 53.9 Å². The Hall–Kier alpha value is -2.91. The SMILES string of the molecule is CC(C)c1ccn(OB(On2ccc(C(C)C)n2)On2nccc2C(C)C)n1. The zero-order chi connectivity index (χ0) is 20.3. The summed E-state index contributed by atoms with van der Waals surface area (Å²) in [4.78, 5) is 4.05. The van der Waals surface area contributed by atoms with Gasteiger partial charge in [-0.25, -0.2) is 0 Å². The fourth-order valence-electron chi connectivity index (χ4n) is 2.49. The summed E-state index contributed by atoms with van der Waals surface area (Å²) in [6, 6.07) is 5.66. The van der Waals surface area contributed by atoms with Gasteiger partial charge >= 0.3 is 7.32 Å². The standard InChI is InChI=1S/C18H27BN6O3/c1-13(2)16-8-11-23(21-16)26-19(27-24-12-9-17(22-24)14(3)4)28-25-18(15(5)6)7-10-20-25/h7-15H,1-6H3. The zero-order valence-electron chi connectivity index (χ0n) is 17.2. The smallest absolute Gasteiger partial charge is 0.380 e. The van der Waals surface area contributed by atoms with Gasteiger partial charge in [0.25, 0.3) is 0 Å². The highest BCUT2D eigenvalue weighted by atomic mass is 16.9. The summed E-state index contributed by atoms with van der Waals surface area (Å²) in [5.74, 6) is 0.782. The van der Waals surface area contributed by atoms with Gasteiger partial charge in [0.15, 0.2) is 0 Å². The molecule has 0 radical (unpaired) electrons. The summed E-state index contributed by atoms with van der Waals surface area (Å²) >= 11 is 0. The summed E-state index contributed by atoms with van der Waals surface area (Å²) in [6.07, 6.45) is 5.09. The maximum absolute atomic E-state index is 5.83. The Labute approximate surface area is 165 Å². The molecule has 0 fully saturated rings. The van der Waals surface area contributed by atoms with Gasteiger partial charge in [-0.2, -0.15) is 0 Å². The second kappa shape index (κ2) is 8.41. The van der Waals surface area contributed by atoms with Crippen LogP contribution in [0.3, 0.4) is 0 Å². The van der Waals surface area contributed by atoms with E-state index in [0.717, 1.165) is 17.1 Å². The Morgan fingerprint density at radius 3 is 1.71 bits per heavy atom. The minimum atomic E-state index is -1.16. The van der Waals surface area contributed by atoms with Crippen molar-refractivity contribution in [1.29, 1.82) is 0 Å². The van der Waals surface area contributed by atoms with Gasteiger partial charge in [-0.1, -0.05) is 41.5 Å². The molecule has 0 aliphatic carbocycles. The number of hydrogen-bond donors (Lipinski definition) is 0. The molecule has 0 aromatic carbocycles. The molecular weight excluding hydrogens is 359 g/mol. The first-order valence-corrected chi connectivity index (χ1v) is 9.50. The van der Waals surface area contributed by atoms with Crippen molar-refractivity contribution in [1.82, 2.24) is 29.8 Å². The topological polar surface area (TPSA) is 81.1 Å². The minimum Gasteiger partial charge on any atom is -0.380 e. The van der Waals surface area contributed by atoms with Crippen LogP contribution in [0.25, 0.3) is 0 Å². The van der Waals surface area contributed by atoms with E-state index in [1.54, 1.807) is 18.6 Å². The summed E-state index contributed by atoms with van der Waals surface area (Å²) in [5.41, 5.74) is 2.70. The quantitative estimate of drug-likeness (QED) is 0.525. The van der Waals surface area contributed by atoms with E-state index >= 15 is 0 Å². The lowest BCUT2D eigenvalue weighted by atomic mass is 10.1. The van der Waals surface area contributed by atoms with E-state index in [9.17, 15) is 0 Å². The molecule has 0 aliphatic rings. The van der Waals surface area contributed by atoms with Gasteiger partial charge < -0.3 is 14.3 Å². The van der Waals surface area contributed by atoms with Gasteiger partial charge in [0.05, 0.1) is 35.7 Å². The monoisotopic (exact) mass is 386 g/mol. The van der Waals surface area contributed by atoms with Gasteiger partial charge in [-0.05, 0) is 36.0 Å². The fourth-order valence-corrected chi connectivity index (χ4v) is 2.49. The summed E-state index contributed by atoms with van der Waals surface area (Å²) in [7, 11) is -1.16. The van der Waals surface area contributed by atoms with Crippen molar-refractivity contribution in [3.8, 4) is 0 Å². The van der Waals surface area contributed by atoms with E-state index in [-0.39, 0.29) is 17.8 Å². The Morgan fingerprint density at radius 1 is 0.750 bits per heavy atom. The van der Waals surface area contributed by atoms with E-state index < -0.39 is 7.32 Å². The molecule has 0 saturated carbocycles. The second-order valence-electron chi connectivity index (χ2n) is 7.48. The zero-order valence-corrected chi connectivity index (χ0v) is 17.2. The third-order valence-electron chi connectivity index (χ3n) is 4.16.